The predicted molar refractivity (Wildman–Crippen MR) is 99.5 cm³/mol. The van der Waals surface area contributed by atoms with E-state index in [0.717, 1.165) is 43.7 Å². The van der Waals surface area contributed by atoms with Crippen molar-refractivity contribution in [1.82, 2.24) is 24.6 Å². The molecule has 0 radical (unpaired) electrons. The van der Waals surface area contributed by atoms with E-state index < -0.39 is 0 Å². The summed E-state index contributed by atoms with van der Waals surface area (Å²) in [6, 6.07) is 9.89. The van der Waals surface area contributed by atoms with E-state index in [1.54, 1.807) is 12.4 Å². The predicted octanol–water partition coefficient (Wildman–Crippen LogP) is 3.36. The number of nitrogens with zero attached hydrogens (tertiary/aromatic N) is 4. The number of nitrogens with one attached hydrogen (secondary N) is 1. The zero-order valence-corrected chi connectivity index (χ0v) is 14.7. The van der Waals surface area contributed by atoms with Crippen molar-refractivity contribution >= 4 is 5.91 Å². The quantitative estimate of drug-likeness (QED) is 0.768. The third-order valence-electron chi connectivity index (χ3n) is 5.02. The molecule has 1 saturated heterocycles. The minimum Gasteiger partial charge on any atom is -0.360 e. The molecule has 0 aromatic carbocycles. The number of aromatic nitrogens is 4. The Morgan fingerprint density at radius 1 is 1.23 bits per heavy atom. The largest absolute Gasteiger partial charge is 0.360 e. The summed E-state index contributed by atoms with van der Waals surface area (Å²) in [7, 11) is 0. The smallest absolute Gasteiger partial charge is 0.255 e. The van der Waals surface area contributed by atoms with Crippen LogP contribution in [0.2, 0.25) is 0 Å². The molecule has 4 heterocycles. The molecule has 134 valence electrons. The van der Waals surface area contributed by atoms with Gasteiger partial charge >= 0.3 is 0 Å². The van der Waals surface area contributed by atoms with Gasteiger partial charge in [0.2, 0.25) is 0 Å². The summed E-state index contributed by atoms with van der Waals surface area (Å²) in [4.78, 5) is 22.6. The first kappa shape index (κ1) is 16.6. The number of amides is 1. The highest BCUT2D eigenvalue weighted by Gasteiger charge is 2.27. The van der Waals surface area contributed by atoms with Gasteiger partial charge in [0.25, 0.3) is 5.91 Å². The lowest BCUT2D eigenvalue weighted by Gasteiger charge is -2.36. The minimum absolute atomic E-state index is 0.0840. The number of aryl methyl sites for hydroxylation is 1. The standard InChI is InChI=1S/C20H23N5O/c26-20(16-7-8-19(22-15-16)18-6-3-10-21-18)25-13-2-1-5-17(25)9-14-24-12-4-11-23-24/h3-4,6-8,10-12,15,17,21H,1-2,5,9,13-14H2. The molecule has 1 aliphatic rings. The number of carbonyl (C=O) groups excluding carboxylic acids is 1. The number of H-pyrrole nitrogens is 1. The number of likely N-dealkylation sites (tertiary alicyclic amines) is 1. The zero-order valence-electron chi connectivity index (χ0n) is 14.7. The number of hydrogen-bond acceptors (Lipinski definition) is 3. The van der Waals surface area contributed by atoms with Crippen molar-refractivity contribution in [1.29, 1.82) is 0 Å². The summed E-state index contributed by atoms with van der Waals surface area (Å²) in [5.74, 6) is 0.0840. The molecule has 0 bridgehead atoms. The van der Waals surface area contributed by atoms with Crippen LogP contribution in [0.25, 0.3) is 11.4 Å². The second kappa shape index (κ2) is 7.56. The number of hydrogen-bond donors (Lipinski definition) is 1. The molecule has 1 atom stereocenters. The van der Waals surface area contributed by atoms with Crippen molar-refractivity contribution in [3.05, 3.63) is 60.7 Å². The third-order valence-corrected chi connectivity index (χ3v) is 5.02. The first-order valence-electron chi connectivity index (χ1n) is 9.19. The summed E-state index contributed by atoms with van der Waals surface area (Å²) in [6.07, 6.45) is 11.6. The second-order valence-corrected chi connectivity index (χ2v) is 6.72. The van der Waals surface area contributed by atoms with E-state index in [0.29, 0.717) is 5.56 Å². The molecule has 26 heavy (non-hydrogen) atoms. The summed E-state index contributed by atoms with van der Waals surface area (Å²) in [6.45, 7) is 1.66. The molecule has 0 spiro atoms. The second-order valence-electron chi connectivity index (χ2n) is 6.72. The molecule has 1 fully saturated rings. The van der Waals surface area contributed by atoms with Crippen LogP contribution < -0.4 is 0 Å². The highest BCUT2D eigenvalue weighted by Crippen LogP contribution is 2.23. The number of pyridine rings is 1. The van der Waals surface area contributed by atoms with Gasteiger partial charge in [0.15, 0.2) is 0 Å². The van der Waals surface area contributed by atoms with E-state index in [-0.39, 0.29) is 11.9 Å². The fraction of sp³-hybridized carbons (Fsp3) is 0.350. The molecular weight excluding hydrogens is 326 g/mol. The van der Waals surface area contributed by atoms with Gasteiger partial charge in [-0.15, -0.1) is 0 Å². The molecule has 1 unspecified atom stereocenters. The number of carbonyl (C=O) groups is 1. The van der Waals surface area contributed by atoms with Gasteiger partial charge in [-0.1, -0.05) is 0 Å². The summed E-state index contributed by atoms with van der Waals surface area (Å²) in [5, 5.41) is 4.26. The van der Waals surface area contributed by atoms with Crippen LogP contribution in [0, 0.1) is 0 Å². The van der Waals surface area contributed by atoms with E-state index >= 15 is 0 Å². The monoisotopic (exact) mass is 349 g/mol. The third kappa shape index (κ3) is 3.54. The van der Waals surface area contributed by atoms with Gasteiger partial charge in [-0.05, 0) is 56.0 Å². The fourth-order valence-electron chi connectivity index (χ4n) is 3.62. The molecule has 6 heteroatoms. The van der Waals surface area contributed by atoms with E-state index in [1.807, 2.05) is 52.3 Å². The zero-order chi connectivity index (χ0) is 17.8. The van der Waals surface area contributed by atoms with Crippen LogP contribution in [0.4, 0.5) is 0 Å². The summed E-state index contributed by atoms with van der Waals surface area (Å²) >= 11 is 0. The minimum atomic E-state index is 0.0840. The Kier molecular flexibility index (Phi) is 4.82. The molecule has 0 aliphatic carbocycles. The van der Waals surface area contributed by atoms with Crippen molar-refractivity contribution in [2.75, 3.05) is 6.54 Å². The number of rotatable bonds is 5. The molecule has 3 aromatic rings. The molecule has 1 amide bonds. The molecule has 4 rings (SSSR count). The Hall–Kier alpha value is -2.89. The van der Waals surface area contributed by atoms with Gasteiger partial charge in [-0.2, -0.15) is 5.10 Å². The van der Waals surface area contributed by atoms with Crippen LogP contribution in [0.1, 0.15) is 36.0 Å². The van der Waals surface area contributed by atoms with Crippen molar-refractivity contribution in [3.8, 4) is 11.4 Å². The Morgan fingerprint density at radius 3 is 2.92 bits per heavy atom. The van der Waals surface area contributed by atoms with Crippen LogP contribution in [-0.4, -0.2) is 43.1 Å². The Labute approximate surface area is 152 Å². The van der Waals surface area contributed by atoms with E-state index in [2.05, 4.69) is 15.1 Å². The van der Waals surface area contributed by atoms with Gasteiger partial charge in [-0.25, -0.2) is 0 Å². The lowest BCUT2D eigenvalue weighted by Crippen LogP contribution is -2.44. The molecule has 1 N–H and O–H groups in total. The van der Waals surface area contributed by atoms with Crippen LogP contribution in [0.15, 0.2) is 55.1 Å². The number of aromatic amines is 1. The van der Waals surface area contributed by atoms with E-state index in [1.165, 1.54) is 6.42 Å². The average molecular weight is 349 g/mol. The van der Waals surface area contributed by atoms with E-state index in [4.69, 9.17) is 0 Å². The van der Waals surface area contributed by atoms with Gasteiger partial charge in [0.05, 0.1) is 17.0 Å². The first-order chi connectivity index (χ1) is 12.8. The van der Waals surface area contributed by atoms with Crippen LogP contribution in [0.3, 0.4) is 0 Å². The summed E-state index contributed by atoms with van der Waals surface area (Å²) < 4.78 is 1.93. The lowest BCUT2D eigenvalue weighted by atomic mass is 9.98. The Morgan fingerprint density at radius 2 is 2.19 bits per heavy atom. The lowest BCUT2D eigenvalue weighted by molar-refractivity contribution is 0.0593. The van der Waals surface area contributed by atoms with Gasteiger partial charge in [-0.3, -0.25) is 14.5 Å². The van der Waals surface area contributed by atoms with E-state index in [9.17, 15) is 4.79 Å². The van der Waals surface area contributed by atoms with Crippen molar-refractivity contribution in [3.63, 3.8) is 0 Å². The average Bonchev–Trinajstić information content (AvgIpc) is 3.40. The SMILES string of the molecule is O=C(c1ccc(-c2ccc[nH]2)nc1)N1CCCCC1CCn1cccn1. The maximum atomic E-state index is 13.0. The Bertz CT molecular complexity index is 824. The molecule has 0 saturated carbocycles. The fourth-order valence-corrected chi connectivity index (χ4v) is 3.62. The van der Waals surface area contributed by atoms with Crippen LogP contribution in [-0.2, 0) is 6.54 Å². The van der Waals surface area contributed by atoms with Crippen LogP contribution in [0.5, 0.6) is 0 Å². The normalized spacial score (nSPS) is 17.4. The van der Waals surface area contributed by atoms with Gasteiger partial charge in [0.1, 0.15) is 0 Å². The molecule has 1 aliphatic heterocycles. The van der Waals surface area contributed by atoms with Gasteiger partial charge < -0.3 is 9.88 Å². The molecule has 3 aromatic heterocycles. The topological polar surface area (TPSA) is 66.8 Å². The highest BCUT2D eigenvalue weighted by molar-refractivity contribution is 5.94. The maximum Gasteiger partial charge on any atom is 0.255 e. The summed E-state index contributed by atoms with van der Waals surface area (Å²) in [5.41, 5.74) is 2.46. The van der Waals surface area contributed by atoms with Crippen LogP contribution >= 0.6 is 0 Å². The first-order valence-corrected chi connectivity index (χ1v) is 9.19. The maximum absolute atomic E-state index is 13.0. The van der Waals surface area contributed by atoms with Gasteiger partial charge in [0, 0.05) is 43.9 Å². The molecular formula is C20H23N5O. The van der Waals surface area contributed by atoms with Crippen molar-refractivity contribution in [2.45, 2.75) is 38.3 Å². The Balaban J connectivity index is 1.46. The van der Waals surface area contributed by atoms with Crippen molar-refractivity contribution < 1.29 is 4.79 Å². The number of piperidine rings is 1. The highest BCUT2D eigenvalue weighted by atomic mass is 16.2. The molecule has 6 nitrogen and oxygen atoms in total. The van der Waals surface area contributed by atoms with Crippen molar-refractivity contribution in [2.24, 2.45) is 0 Å².